The molecule has 0 amide bonds. The van der Waals surface area contributed by atoms with E-state index < -0.39 is 193 Å². The predicted molar refractivity (Wildman–Crippen MR) is 306 cm³/mol. The van der Waals surface area contributed by atoms with E-state index in [2.05, 4.69) is 0 Å². The molecule has 0 aliphatic carbocycles. The predicted octanol–water partition coefficient (Wildman–Crippen LogP) is 3.01. The molecule has 4 heterocycles. The van der Waals surface area contributed by atoms with Crippen LogP contribution in [-0.2, 0) is 52.3 Å². The number of phenols is 2. The number of Topliss-reactive ketones (excluding diaryl/α,β-unsaturated/α-hetero) is 1. The van der Waals surface area contributed by atoms with Crippen LogP contribution in [0.5, 0.6) is 11.5 Å². The van der Waals surface area contributed by atoms with Crippen LogP contribution < -0.4 is 0 Å². The molecule has 4 aliphatic heterocycles. The fraction of sp³-hybridized carbons (Fsp3) is 0.806. The van der Waals surface area contributed by atoms with Gasteiger partial charge in [-0.3, -0.25) is 9.59 Å². The Balaban J connectivity index is 1.32. The summed E-state index contributed by atoms with van der Waals surface area (Å²) in [6, 6.07) is 3.55. The Labute approximate surface area is 504 Å². The van der Waals surface area contributed by atoms with Crippen molar-refractivity contribution in [2.45, 2.75) is 268 Å². The first-order valence-corrected chi connectivity index (χ1v) is 30.7. The molecule has 86 heavy (non-hydrogen) atoms. The summed E-state index contributed by atoms with van der Waals surface area (Å²) in [7, 11) is 1.45. The Kier molecular flexibility index (Phi) is 27.7. The highest BCUT2D eigenvalue weighted by Gasteiger charge is 2.56. The lowest BCUT2D eigenvalue weighted by Gasteiger charge is -2.44. The lowest BCUT2D eigenvalue weighted by atomic mass is 9.77. The molecule has 0 radical (unpaired) electrons. The highest BCUT2D eigenvalue weighted by atomic mass is 16.7. The van der Waals surface area contributed by atoms with Gasteiger partial charge in [-0.25, -0.2) is 9.59 Å². The SMILES string of the molecule is CC[C@H](O[C@@H]1C[C@H](OC(=O)c2ccc(O)c(O)c2)[C@@H](OC)[C@H](C)O1)[C@H](C)[C@H](O)[C@@H](C)[C@H](O)[C@H](C)[C@@H]1OC(=O)/C=C\[C@H](C)[C@H](O)C[C@H](O)[C@@H](C)CCC[C@@H](C)[C@H](O)C(=O)[C@]2(O)O[C@H](C[C@@H](OC(C)=O)C[C@H](O)CCC[C@@H](O)[C@@H]3O[C@H]3[C@@H]1C)C[C@H](O)[C@H]2O. The second-order valence-corrected chi connectivity index (χ2v) is 25.1. The van der Waals surface area contributed by atoms with E-state index in [9.17, 15) is 80.5 Å². The van der Waals surface area contributed by atoms with E-state index in [-0.39, 0.29) is 69.3 Å². The summed E-state index contributed by atoms with van der Waals surface area (Å²) in [4.78, 5) is 53.0. The molecule has 27 atom stereocenters. The van der Waals surface area contributed by atoms with Gasteiger partial charge in [0.05, 0.1) is 72.7 Å². The molecule has 4 aliphatic rings. The first-order valence-electron chi connectivity index (χ1n) is 30.7. The summed E-state index contributed by atoms with van der Waals surface area (Å²) in [5.41, 5.74) is -0.00680. The highest BCUT2D eigenvalue weighted by molar-refractivity contribution is 5.91. The first kappa shape index (κ1) is 72.8. The van der Waals surface area contributed by atoms with Crippen LogP contribution in [0, 0.1) is 41.4 Å². The third-order valence-electron chi connectivity index (χ3n) is 18.4. The minimum absolute atomic E-state index is 0.00680. The van der Waals surface area contributed by atoms with Gasteiger partial charge in [-0.2, -0.15) is 0 Å². The number of carbonyl (C=O) groups is 4. The lowest BCUT2D eigenvalue weighted by Crippen LogP contribution is -2.65. The minimum Gasteiger partial charge on any atom is -0.504 e. The van der Waals surface area contributed by atoms with Crippen molar-refractivity contribution in [2.75, 3.05) is 7.11 Å². The minimum atomic E-state index is -3.04. The number of ketones is 1. The maximum Gasteiger partial charge on any atom is 0.338 e. The Hall–Kier alpha value is -3.96. The summed E-state index contributed by atoms with van der Waals surface area (Å²) in [6.45, 7) is 16.5. The van der Waals surface area contributed by atoms with Gasteiger partial charge in [0, 0.05) is 81.8 Å². The molecule has 24 heteroatoms. The second kappa shape index (κ2) is 32.7. The molecule has 2 bridgehead atoms. The fourth-order valence-electron chi connectivity index (χ4n) is 12.6. The molecule has 12 N–H and O–H groups in total. The molecule has 0 unspecified atom stereocenters. The third-order valence-corrected chi connectivity index (χ3v) is 18.4. The van der Waals surface area contributed by atoms with Crippen molar-refractivity contribution in [2.24, 2.45) is 41.4 Å². The van der Waals surface area contributed by atoms with Crippen molar-refractivity contribution < 1.29 is 118 Å². The van der Waals surface area contributed by atoms with Crippen LogP contribution in [0.15, 0.2) is 30.4 Å². The van der Waals surface area contributed by atoms with Gasteiger partial charge < -0.3 is 99.2 Å². The molecule has 1 aromatic rings. The zero-order valence-corrected chi connectivity index (χ0v) is 51.6. The number of fused-ring (bicyclic) bond motifs is 3. The Bertz CT molecular complexity index is 2340. The van der Waals surface area contributed by atoms with E-state index in [1.54, 1.807) is 55.4 Å². The van der Waals surface area contributed by atoms with Crippen LogP contribution in [-0.4, -0.2) is 214 Å². The average molecular weight is 1230 g/mol. The molecular formula is C62H100O24. The van der Waals surface area contributed by atoms with Crippen molar-refractivity contribution in [3.8, 4) is 11.5 Å². The van der Waals surface area contributed by atoms with Crippen LogP contribution in [0.4, 0.5) is 0 Å². The fourth-order valence-corrected chi connectivity index (χ4v) is 12.6. The number of cyclic esters (lactones) is 1. The number of rotatable bonds is 13. The van der Waals surface area contributed by atoms with E-state index in [1.807, 2.05) is 6.92 Å². The maximum atomic E-state index is 13.8. The number of phenolic OH excluding ortho intramolecular Hbond substituents is 2. The molecule has 1 aromatic carbocycles. The molecule has 492 valence electrons. The van der Waals surface area contributed by atoms with E-state index in [0.717, 1.165) is 25.1 Å². The average Bonchev–Trinajstić information content (AvgIpc) is 2.13. The summed E-state index contributed by atoms with van der Waals surface area (Å²) in [6.07, 6.45) is -17.3. The molecule has 3 fully saturated rings. The number of aliphatic hydroxyl groups is 10. The highest BCUT2D eigenvalue weighted by Crippen LogP contribution is 2.41. The van der Waals surface area contributed by atoms with E-state index >= 15 is 0 Å². The van der Waals surface area contributed by atoms with E-state index in [4.69, 9.17) is 37.9 Å². The van der Waals surface area contributed by atoms with E-state index in [1.165, 1.54) is 19.3 Å². The lowest BCUT2D eigenvalue weighted by molar-refractivity contribution is -0.309. The number of aromatic hydroxyl groups is 2. The number of hydrogen-bond donors (Lipinski definition) is 12. The van der Waals surface area contributed by atoms with Crippen LogP contribution in [0.1, 0.15) is 157 Å². The van der Waals surface area contributed by atoms with Crippen molar-refractivity contribution >= 4 is 23.7 Å². The van der Waals surface area contributed by atoms with Crippen LogP contribution in [0.3, 0.4) is 0 Å². The summed E-state index contributed by atoms with van der Waals surface area (Å²) in [5.74, 6) is -12.4. The number of benzene rings is 1. The normalized spacial score (nSPS) is 39.6. The van der Waals surface area contributed by atoms with Crippen molar-refractivity contribution in [3.63, 3.8) is 0 Å². The number of aliphatic hydroxyl groups excluding tert-OH is 9. The van der Waals surface area contributed by atoms with Crippen molar-refractivity contribution in [3.05, 3.63) is 35.9 Å². The zero-order valence-electron chi connectivity index (χ0n) is 51.6. The number of methoxy groups -OCH3 is 1. The summed E-state index contributed by atoms with van der Waals surface area (Å²) in [5, 5.41) is 133. The smallest absolute Gasteiger partial charge is 0.338 e. The molecular weight excluding hydrogens is 1130 g/mol. The van der Waals surface area contributed by atoms with Crippen molar-refractivity contribution in [1.82, 2.24) is 0 Å². The van der Waals surface area contributed by atoms with Crippen LogP contribution in [0.2, 0.25) is 0 Å². The van der Waals surface area contributed by atoms with Gasteiger partial charge in [-0.1, -0.05) is 67.9 Å². The number of epoxide rings is 1. The monoisotopic (exact) mass is 1230 g/mol. The first-order chi connectivity index (χ1) is 40.3. The second-order valence-electron chi connectivity index (χ2n) is 25.1. The van der Waals surface area contributed by atoms with Gasteiger partial charge in [0.2, 0.25) is 5.78 Å². The molecule has 0 saturated carbocycles. The molecule has 24 nitrogen and oxygen atoms in total. The topological polar surface area (TPSA) is 388 Å². The van der Waals surface area contributed by atoms with Crippen LogP contribution in [0.25, 0.3) is 0 Å². The number of carbonyl (C=O) groups excluding carboxylic acids is 4. The number of hydrogen-bond acceptors (Lipinski definition) is 24. The molecule has 5 rings (SSSR count). The maximum absolute atomic E-state index is 13.8. The molecule has 3 saturated heterocycles. The summed E-state index contributed by atoms with van der Waals surface area (Å²) < 4.78 is 47.5. The van der Waals surface area contributed by atoms with Gasteiger partial charge >= 0.3 is 17.9 Å². The standard InChI is InChI=1S/C62H100O24/c1-12-48(82-51-28-49(57(79-11)36(9)80-51)83-61(77)38-20-21-42(65)46(69)23-38)32(5)53(73)33(6)54(74)34(7)55-35(8)56-58(85-56)43(66)18-14-17-39(64)24-40(81-37(10)63)25-41-26-47(70)59(75)62(78,86-41)60(76)52(72)31(4)16-13-15-29(2)44(67)27-45(68)30(3)19-22-50(71)84-55/h19-23,29-36,39-41,43-45,47-49,51-59,64-70,72-75,78H,12-18,24-28H2,1-11H3/b22-19-/t29-,30-,31+,32-,33+,34-,35+,36-,39+,40-,41+,43+,44-,45+,47-,48-,49-,51+,52-,53-,54-,55-,56-,57-,58-,59+,62+/m0/s1. The molecule has 0 spiro atoms. The molecule has 0 aromatic heterocycles. The number of ether oxygens (including phenoxy) is 8. The Morgan fingerprint density at radius 3 is 2.05 bits per heavy atom. The number of esters is 3. The van der Waals surface area contributed by atoms with Crippen molar-refractivity contribution in [1.29, 1.82) is 0 Å². The largest absolute Gasteiger partial charge is 0.504 e. The van der Waals surface area contributed by atoms with E-state index in [0.29, 0.717) is 19.3 Å². The van der Waals surface area contributed by atoms with Gasteiger partial charge in [-0.15, -0.1) is 0 Å². The summed E-state index contributed by atoms with van der Waals surface area (Å²) >= 11 is 0. The van der Waals surface area contributed by atoms with Gasteiger partial charge in [0.25, 0.3) is 5.79 Å². The Morgan fingerprint density at radius 1 is 0.744 bits per heavy atom. The quantitative estimate of drug-likeness (QED) is 0.0584. The van der Waals surface area contributed by atoms with Gasteiger partial charge in [-0.05, 0) is 75.5 Å². The Morgan fingerprint density at radius 2 is 1.41 bits per heavy atom. The third kappa shape index (κ3) is 19.3. The van der Waals surface area contributed by atoms with Gasteiger partial charge in [0.15, 0.2) is 17.8 Å². The zero-order chi connectivity index (χ0) is 64.2. The van der Waals surface area contributed by atoms with Crippen LogP contribution >= 0.6 is 0 Å². The van der Waals surface area contributed by atoms with Gasteiger partial charge in [0.1, 0.15) is 42.7 Å².